The lowest BCUT2D eigenvalue weighted by atomic mass is 10.0. The van der Waals surface area contributed by atoms with Gasteiger partial charge in [-0.2, -0.15) is 0 Å². The van der Waals surface area contributed by atoms with Gasteiger partial charge < -0.3 is 10.6 Å². The van der Waals surface area contributed by atoms with Gasteiger partial charge in [0.1, 0.15) is 0 Å². The van der Waals surface area contributed by atoms with E-state index in [1.54, 1.807) is 0 Å². The monoisotopic (exact) mass is 324 g/mol. The van der Waals surface area contributed by atoms with Gasteiger partial charge in [0.2, 0.25) is 5.91 Å². The Morgan fingerprint density at radius 1 is 1.42 bits per heavy atom. The molecule has 1 atom stereocenters. The Morgan fingerprint density at radius 2 is 2.05 bits per heavy atom. The second kappa shape index (κ2) is 6.06. The van der Waals surface area contributed by atoms with Crippen molar-refractivity contribution in [2.75, 3.05) is 0 Å². The summed E-state index contributed by atoms with van der Waals surface area (Å²) in [5.41, 5.74) is 7.15. The van der Waals surface area contributed by atoms with Gasteiger partial charge in [-0.1, -0.05) is 48.0 Å². The van der Waals surface area contributed by atoms with E-state index >= 15 is 0 Å². The predicted octanol–water partition coefficient (Wildman–Crippen LogP) is 2.92. The Morgan fingerprint density at radius 3 is 2.58 bits per heavy atom. The van der Waals surface area contributed by atoms with E-state index in [0.717, 1.165) is 22.9 Å². The third-order valence-corrected chi connectivity index (χ3v) is 4.35. The zero-order valence-corrected chi connectivity index (χ0v) is 13.1. The number of hydrogen-bond donors (Lipinski definition) is 1. The number of halogens is 1. The third kappa shape index (κ3) is 3.57. The van der Waals surface area contributed by atoms with E-state index < -0.39 is 6.04 Å². The molecule has 4 heteroatoms. The van der Waals surface area contributed by atoms with Crippen molar-refractivity contribution in [1.29, 1.82) is 0 Å². The first-order valence-electron chi connectivity index (χ1n) is 6.80. The molecular formula is C15H21BrN2O. The van der Waals surface area contributed by atoms with Gasteiger partial charge in [-0.25, -0.2) is 0 Å². The molecule has 1 fully saturated rings. The number of benzene rings is 1. The summed E-state index contributed by atoms with van der Waals surface area (Å²) >= 11 is 3.54. The molecule has 1 aromatic carbocycles. The first-order chi connectivity index (χ1) is 9.00. The number of carbonyl (C=O) groups is 1. The van der Waals surface area contributed by atoms with Crippen molar-refractivity contribution in [1.82, 2.24) is 4.90 Å². The molecule has 1 aromatic rings. The highest BCUT2D eigenvalue weighted by Gasteiger charge is 2.35. The molecule has 0 bridgehead atoms. The SMILES string of the molecule is CC(C)[C@H](N)C(=O)N(Cc1ccccc1Br)C1CC1. The molecule has 1 amide bonds. The fourth-order valence-electron chi connectivity index (χ4n) is 2.06. The van der Waals surface area contributed by atoms with Crippen LogP contribution in [0.3, 0.4) is 0 Å². The minimum atomic E-state index is -0.400. The standard InChI is InChI=1S/C15H21BrN2O/c1-10(2)14(17)15(19)18(12-7-8-12)9-11-5-3-4-6-13(11)16/h3-6,10,12,14H,7-9,17H2,1-2H3/t14-/m0/s1. The fraction of sp³-hybridized carbons (Fsp3) is 0.533. The van der Waals surface area contributed by atoms with Crippen LogP contribution in [-0.2, 0) is 11.3 Å². The lowest BCUT2D eigenvalue weighted by Gasteiger charge is -2.27. The minimum Gasteiger partial charge on any atom is -0.334 e. The molecule has 1 saturated carbocycles. The van der Waals surface area contributed by atoms with Gasteiger partial charge in [0.15, 0.2) is 0 Å². The van der Waals surface area contributed by atoms with Crippen LogP contribution in [0.25, 0.3) is 0 Å². The number of nitrogens with two attached hydrogens (primary N) is 1. The van der Waals surface area contributed by atoms with Gasteiger partial charge in [-0.05, 0) is 30.4 Å². The Bertz CT molecular complexity index is 457. The number of hydrogen-bond acceptors (Lipinski definition) is 2. The third-order valence-electron chi connectivity index (χ3n) is 3.57. The van der Waals surface area contributed by atoms with Crippen molar-refractivity contribution in [3.8, 4) is 0 Å². The first-order valence-corrected chi connectivity index (χ1v) is 7.59. The molecule has 0 aliphatic heterocycles. The summed E-state index contributed by atoms with van der Waals surface area (Å²) in [6, 6.07) is 8.02. The fourth-order valence-corrected chi connectivity index (χ4v) is 2.47. The van der Waals surface area contributed by atoms with E-state index in [4.69, 9.17) is 5.73 Å². The normalized spacial score (nSPS) is 16.5. The topological polar surface area (TPSA) is 46.3 Å². The molecule has 0 aromatic heterocycles. The van der Waals surface area contributed by atoms with Crippen molar-refractivity contribution in [2.45, 2.75) is 45.3 Å². The predicted molar refractivity (Wildman–Crippen MR) is 80.5 cm³/mol. The zero-order chi connectivity index (χ0) is 14.0. The maximum atomic E-state index is 12.5. The highest BCUT2D eigenvalue weighted by Crippen LogP contribution is 2.30. The Hall–Kier alpha value is -0.870. The Labute approximate surface area is 123 Å². The Balaban J connectivity index is 2.13. The van der Waals surface area contributed by atoms with Crippen LogP contribution in [0.4, 0.5) is 0 Å². The summed E-state index contributed by atoms with van der Waals surface area (Å²) in [6.07, 6.45) is 2.20. The summed E-state index contributed by atoms with van der Waals surface area (Å²) in [5.74, 6) is 0.251. The largest absolute Gasteiger partial charge is 0.334 e. The van der Waals surface area contributed by atoms with E-state index in [0.29, 0.717) is 12.6 Å². The number of rotatable bonds is 5. The molecule has 1 aliphatic carbocycles. The summed E-state index contributed by atoms with van der Waals surface area (Å²) in [6.45, 7) is 4.63. The van der Waals surface area contributed by atoms with E-state index in [-0.39, 0.29) is 11.8 Å². The van der Waals surface area contributed by atoms with Crippen molar-refractivity contribution >= 4 is 21.8 Å². The molecule has 0 radical (unpaired) electrons. The summed E-state index contributed by atoms with van der Waals surface area (Å²) in [5, 5.41) is 0. The second-order valence-electron chi connectivity index (χ2n) is 5.56. The summed E-state index contributed by atoms with van der Waals surface area (Å²) in [7, 11) is 0. The van der Waals surface area contributed by atoms with Gasteiger partial charge in [0.05, 0.1) is 6.04 Å². The van der Waals surface area contributed by atoms with Crippen molar-refractivity contribution in [3.63, 3.8) is 0 Å². The summed E-state index contributed by atoms with van der Waals surface area (Å²) in [4.78, 5) is 14.4. The second-order valence-corrected chi connectivity index (χ2v) is 6.41. The molecule has 1 aliphatic rings. The van der Waals surface area contributed by atoms with Crippen LogP contribution in [0.1, 0.15) is 32.3 Å². The maximum absolute atomic E-state index is 12.5. The highest BCUT2D eigenvalue weighted by atomic mass is 79.9. The summed E-state index contributed by atoms with van der Waals surface area (Å²) < 4.78 is 1.05. The van der Waals surface area contributed by atoms with Crippen LogP contribution in [0.2, 0.25) is 0 Å². The van der Waals surface area contributed by atoms with Gasteiger partial charge in [0.25, 0.3) is 0 Å². The van der Waals surface area contributed by atoms with Crippen molar-refractivity contribution < 1.29 is 4.79 Å². The smallest absolute Gasteiger partial charge is 0.240 e. The molecule has 0 spiro atoms. The zero-order valence-electron chi connectivity index (χ0n) is 11.5. The number of amides is 1. The number of carbonyl (C=O) groups excluding carboxylic acids is 1. The van der Waals surface area contributed by atoms with E-state index in [9.17, 15) is 4.79 Å². The van der Waals surface area contributed by atoms with Crippen LogP contribution in [0.15, 0.2) is 28.7 Å². The minimum absolute atomic E-state index is 0.0771. The lowest BCUT2D eigenvalue weighted by molar-refractivity contribution is -0.134. The average molecular weight is 325 g/mol. The van der Waals surface area contributed by atoms with E-state index in [2.05, 4.69) is 15.9 Å². The van der Waals surface area contributed by atoms with Gasteiger partial charge in [-0.15, -0.1) is 0 Å². The van der Waals surface area contributed by atoms with Gasteiger partial charge >= 0.3 is 0 Å². The van der Waals surface area contributed by atoms with Gasteiger partial charge in [-0.3, -0.25) is 4.79 Å². The van der Waals surface area contributed by atoms with Gasteiger partial charge in [0, 0.05) is 17.1 Å². The molecule has 0 unspecified atom stereocenters. The van der Waals surface area contributed by atoms with E-state index in [1.807, 2.05) is 43.0 Å². The average Bonchev–Trinajstić information content (AvgIpc) is 3.20. The first kappa shape index (κ1) is 14.5. The molecule has 0 saturated heterocycles. The molecular weight excluding hydrogens is 304 g/mol. The quantitative estimate of drug-likeness (QED) is 0.905. The van der Waals surface area contributed by atoms with E-state index in [1.165, 1.54) is 0 Å². The highest BCUT2D eigenvalue weighted by molar-refractivity contribution is 9.10. The molecule has 19 heavy (non-hydrogen) atoms. The molecule has 0 heterocycles. The number of nitrogens with zero attached hydrogens (tertiary/aromatic N) is 1. The van der Waals surface area contributed by atoms with Crippen molar-refractivity contribution in [3.05, 3.63) is 34.3 Å². The molecule has 3 nitrogen and oxygen atoms in total. The maximum Gasteiger partial charge on any atom is 0.240 e. The molecule has 2 rings (SSSR count). The van der Waals surface area contributed by atoms with Crippen LogP contribution >= 0.6 is 15.9 Å². The lowest BCUT2D eigenvalue weighted by Crippen LogP contribution is -2.47. The molecule has 2 N–H and O–H groups in total. The molecule has 104 valence electrons. The van der Waals surface area contributed by atoms with Crippen LogP contribution in [0.5, 0.6) is 0 Å². The van der Waals surface area contributed by atoms with Crippen molar-refractivity contribution in [2.24, 2.45) is 11.7 Å². The van der Waals surface area contributed by atoms with Crippen LogP contribution in [-0.4, -0.2) is 22.9 Å². The van der Waals surface area contributed by atoms with Crippen LogP contribution < -0.4 is 5.73 Å². The Kier molecular flexibility index (Phi) is 4.63. The van der Waals surface area contributed by atoms with Crippen LogP contribution in [0, 0.1) is 5.92 Å².